The van der Waals surface area contributed by atoms with E-state index in [1.807, 2.05) is 0 Å². The van der Waals surface area contributed by atoms with Gasteiger partial charge in [-0.1, -0.05) is 0 Å². The molecule has 0 aliphatic carbocycles. The van der Waals surface area contributed by atoms with Gasteiger partial charge in [0.2, 0.25) is 0 Å². The molecule has 0 bridgehead atoms. The summed E-state index contributed by atoms with van der Waals surface area (Å²) < 4.78 is 0. The van der Waals surface area contributed by atoms with Crippen molar-refractivity contribution in [3.05, 3.63) is 22.4 Å². The molecular formula is C10H17N3S. The van der Waals surface area contributed by atoms with E-state index in [2.05, 4.69) is 48.0 Å². The molecule has 0 aliphatic rings. The Morgan fingerprint density at radius 3 is 2.71 bits per heavy atom. The number of amidine groups is 1. The summed E-state index contributed by atoms with van der Waals surface area (Å²) in [6.07, 6.45) is 0.775. The van der Waals surface area contributed by atoms with Crippen molar-refractivity contribution in [2.45, 2.75) is 32.7 Å². The predicted molar refractivity (Wildman–Crippen MR) is 62.5 cm³/mol. The van der Waals surface area contributed by atoms with Crippen LogP contribution in [0.5, 0.6) is 0 Å². The van der Waals surface area contributed by atoms with Gasteiger partial charge >= 0.3 is 0 Å². The molecule has 1 rings (SSSR count). The average Bonchev–Trinajstić information content (AvgIpc) is 2.53. The Kier molecular flexibility index (Phi) is 3.66. The topological polar surface area (TPSA) is 50.4 Å². The smallest absolute Gasteiger partial charge is 0.115 e. The maximum absolute atomic E-state index is 5.42. The Hall–Kier alpha value is -0.870. The quantitative estimate of drug-likeness (QED) is 0.340. The maximum atomic E-state index is 5.42. The molecule has 14 heavy (non-hydrogen) atoms. The van der Waals surface area contributed by atoms with Crippen LogP contribution in [0.15, 0.2) is 21.8 Å². The number of rotatable bonds is 2. The van der Waals surface area contributed by atoms with Crippen LogP contribution in [-0.2, 0) is 6.42 Å². The molecule has 0 saturated carbocycles. The summed E-state index contributed by atoms with van der Waals surface area (Å²) in [6, 6.07) is 2.08. The molecular weight excluding hydrogens is 194 g/mol. The van der Waals surface area contributed by atoms with E-state index in [-0.39, 0.29) is 5.54 Å². The highest BCUT2D eigenvalue weighted by Crippen LogP contribution is 2.10. The Balaban J connectivity index is 2.69. The number of nitrogens with zero attached hydrogens (tertiary/aromatic N) is 1. The Morgan fingerprint density at radius 2 is 2.29 bits per heavy atom. The fraction of sp³-hybridized carbons (Fsp3) is 0.500. The van der Waals surface area contributed by atoms with Crippen LogP contribution in [0, 0.1) is 0 Å². The minimum Gasteiger partial charge on any atom is -0.312 e. The van der Waals surface area contributed by atoms with E-state index in [1.54, 1.807) is 11.3 Å². The summed E-state index contributed by atoms with van der Waals surface area (Å²) in [4.78, 5) is 4.49. The van der Waals surface area contributed by atoms with Crippen LogP contribution in [0.4, 0.5) is 0 Å². The third-order valence-electron chi connectivity index (χ3n) is 1.59. The lowest BCUT2D eigenvalue weighted by molar-refractivity contribution is 0.578. The molecule has 78 valence electrons. The molecule has 0 spiro atoms. The first kappa shape index (κ1) is 11.2. The molecule has 0 saturated heterocycles. The lowest BCUT2D eigenvalue weighted by Gasteiger charge is -2.15. The maximum Gasteiger partial charge on any atom is 0.115 e. The number of hydrazine groups is 1. The van der Waals surface area contributed by atoms with Crippen molar-refractivity contribution in [2.75, 3.05) is 0 Å². The lowest BCUT2D eigenvalue weighted by Crippen LogP contribution is -2.34. The summed E-state index contributed by atoms with van der Waals surface area (Å²) in [7, 11) is 0. The third kappa shape index (κ3) is 3.89. The van der Waals surface area contributed by atoms with E-state index in [0.29, 0.717) is 0 Å². The second-order valence-corrected chi connectivity index (χ2v) is 4.96. The summed E-state index contributed by atoms with van der Waals surface area (Å²) >= 11 is 1.69. The molecule has 0 amide bonds. The van der Waals surface area contributed by atoms with E-state index in [1.165, 1.54) is 5.56 Å². The van der Waals surface area contributed by atoms with Gasteiger partial charge in [0.1, 0.15) is 5.84 Å². The first-order chi connectivity index (χ1) is 6.51. The molecule has 1 heterocycles. The minimum atomic E-state index is -0.0856. The van der Waals surface area contributed by atoms with Crippen LogP contribution >= 0.6 is 11.3 Å². The van der Waals surface area contributed by atoms with Crippen molar-refractivity contribution in [1.29, 1.82) is 0 Å². The van der Waals surface area contributed by atoms with Crippen LogP contribution in [0.1, 0.15) is 26.3 Å². The molecule has 0 aliphatic heterocycles. The molecule has 0 atom stereocenters. The zero-order valence-electron chi connectivity index (χ0n) is 8.87. The van der Waals surface area contributed by atoms with Gasteiger partial charge in [0.05, 0.1) is 5.54 Å². The molecule has 3 nitrogen and oxygen atoms in total. The highest BCUT2D eigenvalue weighted by molar-refractivity contribution is 7.07. The summed E-state index contributed by atoms with van der Waals surface area (Å²) in [6.45, 7) is 6.16. The van der Waals surface area contributed by atoms with Gasteiger partial charge < -0.3 is 5.43 Å². The van der Waals surface area contributed by atoms with Gasteiger partial charge in [-0.15, -0.1) is 0 Å². The standard InChI is InChI=1S/C10H17N3S/c1-10(2,3)12-9(13-11)6-8-4-5-14-7-8/h4-5,7H,6,11H2,1-3H3,(H,12,13). The summed E-state index contributed by atoms with van der Waals surface area (Å²) in [5, 5.41) is 4.16. The number of hydrogen-bond acceptors (Lipinski definition) is 3. The third-order valence-corrected chi connectivity index (χ3v) is 2.32. The SMILES string of the molecule is CC(C)(C)N=C(Cc1ccsc1)NN. The van der Waals surface area contributed by atoms with E-state index in [4.69, 9.17) is 5.84 Å². The number of thiophene rings is 1. The molecule has 0 unspecified atom stereocenters. The van der Waals surface area contributed by atoms with E-state index < -0.39 is 0 Å². The summed E-state index contributed by atoms with van der Waals surface area (Å²) in [5.41, 5.74) is 3.81. The minimum absolute atomic E-state index is 0.0856. The molecule has 3 N–H and O–H groups in total. The molecule has 4 heteroatoms. The molecule has 0 aromatic carbocycles. The van der Waals surface area contributed by atoms with Gasteiger partial charge in [-0.3, -0.25) is 4.99 Å². The van der Waals surface area contributed by atoms with Crippen LogP contribution < -0.4 is 11.3 Å². The summed E-state index contributed by atoms with van der Waals surface area (Å²) in [5.74, 6) is 6.25. The Labute approximate surface area is 89.0 Å². The second-order valence-electron chi connectivity index (χ2n) is 4.18. The number of aliphatic imine (C=N–C) groups is 1. The normalized spacial score (nSPS) is 13.0. The van der Waals surface area contributed by atoms with Crippen LogP contribution in [0.3, 0.4) is 0 Å². The van der Waals surface area contributed by atoms with E-state index in [0.717, 1.165) is 12.3 Å². The predicted octanol–water partition coefficient (Wildman–Crippen LogP) is 1.95. The van der Waals surface area contributed by atoms with Gasteiger partial charge in [-0.25, -0.2) is 5.84 Å². The van der Waals surface area contributed by atoms with Gasteiger partial charge in [0.25, 0.3) is 0 Å². The van der Waals surface area contributed by atoms with Crippen molar-refractivity contribution in [3.63, 3.8) is 0 Å². The second kappa shape index (κ2) is 4.57. The zero-order chi connectivity index (χ0) is 10.6. The van der Waals surface area contributed by atoms with Gasteiger partial charge in [-0.2, -0.15) is 11.3 Å². The number of nitrogens with one attached hydrogen (secondary N) is 1. The van der Waals surface area contributed by atoms with Gasteiger partial charge in [-0.05, 0) is 43.2 Å². The van der Waals surface area contributed by atoms with Crippen LogP contribution in [0.25, 0.3) is 0 Å². The lowest BCUT2D eigenvalue weighted by atomic mass is 10.1. The van der Waals surface area contributed by atoms with Gasteiger partial charge in [0.15, 0.2) is 0 Å². The number of nitrogens with two attached hydrogens (primary N) is 1. The molecule has 0 fully saturated rings. The average molecular weight is 211 g/mol. The van der Waals surface area contributed by atoms with E-state index >= 15 is 0 Å². The largest absolute Gasteiger partial charge is 0.312 e. The Bertz CT molecular complexity index is 296. The van der Waals surface area contributed by atoms with Crippen molar-refractivity contribution >= 4 is 17.2 Å². The van der Waals surface area contributed by atoms with Crippen molar-refractivity contribution < 1.29 is 0 Å². The molecule has 1 aromatic heterocycles. The monoisotopic (exact) mass is 211 g/mol. The fourth-order valence-electron chi connectivity index (χ4n) is 1.11. The first-order valence-electron chi connectivity index (χ1n) is 4.58. The van der Waals surface area contributed by atoms with E-state index in [9.17, 15) is 0 Å². The van der Waals surface area contributed by atoms with Gasteiger partial charge in [0, 0.05) is 6.42 Å². The Morgan fingerprint density at radius 1 is 1.57 bits per heavy atom. The number of hydrogen-bond donors (Lipinski definition) is 2. The zero-order valence-corrected chi connectivity index (χ0v) is 9.69. The fourth-order valence-corrected chi connectivity index (χ4v) is 1.78. The first-order valence-corrected chi connectivity index (χ1v) is 5.52. The van der Waals surface area contributed by atoms with Crippen molar-refractivity contribution in [1.82, 2.24) is 5.43 Å². The van der Waals surface area contributed by atoms with Crippen molar-refractivity contribution in [2.24, 2.45) is 10.8 Å². The molecule has 1 aromatic rings. The highest BCUT2D eigenvalue weighted by Gasteiger charge is 2.09. The molecule has 0 radical (unpaired) electrons. The van der Waals surface area contributed by atoms with Crippen LogP contribution in [-0.4, -0.2) is 11.4 Å². The van der Waals surface area contributed by atoms with Crippen molar-refractivity contribution in [3.8, 4) is 0 Å². The highest BCUT2D eigenvalue weighted by atomic mass is 32.1. The van der Waals surface area contributed by atoms with Crippen LogP contribution in [0.2, 0.25) is 0 Å².